The summed E-state index contributed by atoms with van der Waals surface area (Å²) in [5.41, 5.74) is 5.80. The molecule has 1 nitrogen and oxygen atoms in total. The molecule has 0 aromatic heterocycles. The second-order valence-corrected chi connectivity index (χ2v) is 6.85. The van der Waals surface area contributed by atoms with Crippen molar-refractivity contribution in [1.82, 2.24) is 0 Å². The van der Waals surface area contributed by atoms with E-state index in [1.807, 2.05) is 12.1 Å². The minimum Gasteiger partial charge on any atom is -0.298 e. The van der Waals surface area contributed by atoms with Crippen LogP contribution in [-0.4, -0.2) is 5.78 Å². The summed E-state index contributed by atoms with van der Waals surface area (Å²) in [6, 6.07) is 24.9. The van der Waals surface area contributed by atoms with Gasteiger partial charge in [0.2, 0.25) is 0 Å². The van der Waals surface area contributed by atoms with E-state index in [4.69, 9.17) is 0 Å². The number of aryl methyl sites for hydroxylation is 3. The first-order valence-corrected chi connectivity index (χ1v) is 8.67. The summed E-state index contributed by atoms with van der Waals surface area (Å²) >= 11 is 0. The van der Waals surface area contributed by atoms with Crippen molar-refractivity contribution in [3.05, 3.63) is 106 Å². The molecule has 0 spiro atoms. The molecule has 3 rings (SSSR count). The van der Waals surface area contributed by atoms with Crippen LogP contribution in [0.3, 0.4) is 0 Å². The highest BCUT2D eigenvalue weighted by Crippen LogP contribution is 2.41. The first kappa shape index (κ1) is 17.2. The zero-order valence-electron chi connectivity index (χ0n) is 15.3. The summed E-state index contributed by atoms with van der Waals surface area (Å²) in [5, 5.41) is 0. The number of carbonyl (C=O) groups excluding carboxylic acids is 1. The van der Waals surface area contributed by atoms with E-state index in [2.05, 4.69) is 81.4 Å². The van der Waals surface area contributed by atoms with Crippen molar-refractivity contribution in [3.8, 4) is 0 Å². The van der Waals surface area contributed by atoms with Crippen LogP contribution in [0.15, 0.2) is 72.8 Å². The molecule has 0 aliphatic rings. The van der Waals surface area contributed by atoms with Crippen LogP contribution in [0.1, 0.15) is 40.3 Å². The lowest BCUT2D eigenvalue weighted by Gasteiger charge is -2.35. The molecular formula is C24H24O. The molecule has 0 unspecified atom stereocenters. The smallest absolute Gasteiger partial charge is 0.149 e. The Bertz CT molecular complexity index is 841. The molecule has 0 saturated heterocycles. The van der Waals surface area contributed by atoms with Crippen molar-refractivity contribution in [2.75, 3.05) is 0 Å². The summed E-state index contributed by atoms with van der Waals surface area (Å²) in [5.74, 6) is 0.134. The fourth-order valence-corrected chi connectivity index (χ4v) is 3.67. The van der Waals surface area contributed by atoms with Crippen LogP contribution in [0, 0.1) is 20.8 Å². The van der Waals surface area contributed by atoms with Gasteiger partial charge in [0.15, 0.2) is 0 Å². The van der Waals surface area contributed by atoms with Gasteiger partial charge in [0.05, 0.1) is 0 Å². The molecule has 0 saturated carbocycles. The van der Waals surface area contributed by atoms with Crippen LogP contribution in [-0.2, 0) is 10.2 Å². The molecule has 1 heteroatoms. The molecule has 0 atom stereocenters. The first-order valence-electron chi connectivity index (χ1n) is 8.67. The second-order valence-electron chi connectivity index (χ2n) is 6.85. The third-order valence-electron chi connectivity index (χ3n) is 5.05. The van der Waals surface area contributed by atoms with Gasteiger partial charge in [0.25, 0.3) is 0 Å². The summed E-state index contributed by atoms with van der Waals surface area (Å²) in [6.07, 6.45) is 0. The summed E-state index contributed by atoms with van der Waals surface area (Å²) in [4.78, 5) is 13.2. The van der Waals surface area contributed by atoms with Gasteiger partial charge in [-0.15, -0.1) is 0 Å². The SMILES string of the molecule is CC(=O)C(c1ccc(C)cc1)(c1ccc(C)cc1)c1ccccc1C. The highest BCUT2D eigenvalue weighted by atomic mass is 16.1. The molecule has 0 bridgehead atoms. The molecule has 3 aromatic rings. The molecule has 0 fully saturated rings. The number of carbonyl (C=O) groups is 1. The van der Waals surface area contributed by atoms with Gasteiger partial charge in [-0.2, -0.15) is 0 Å². The van der Waals surface area contributed by atoms with Gasteiger partial charge >= 0.3 is 0 Å². The van der Waals surface area contributed by atoms with Crippen molar-refractivity contribution in [2.24, 2.45) is 0 Å². The predicted octanol–water partition coefficient (Wildman–Crippen LogP) is 5.54. The van der Waals surface area contributed by atoms with E-state index in [1.54, 1.807) is 6.92 Å². The molecule has 0 aliphatic heterocycles. The molecule has 0 amide bonds. The van der Waals surface area contributed by atoms with Crippen LogP contribution < -0.4 is 0 Å². The van der Waals surface area contributed by atoms with Gasteiger partial charge in [-0.05, 0) is 49.9 Å². The topological polar surface area (TPSA) is 17.1 Å². The molecule has 0 aliphatic carbocycles. The summed E-state index contributed by atoms with van der Waals surface area (Å²) in [6.45, 7) is 7.92. The maximum Gasteiger partial charge on any atom is 0.149 e. The zero-order valence-corrected chi connectivity index (χ0v) is 15.3. The fourth-order valence-electron chi connectivity index (χ4n) is 3.67. The molecule has 0 heterocycles. The summed E-state index contributed by atoms with van der Waals surface area (Å²) in [7, 11) is 0. The van der Waals surface area contributed by atoms with Crippen LogP contribution in [0.2, 0.25) is 0 Å². The predicted molar refractivity (Wildman–Crippen MR) is 104 cm³/mol. The normalized spacial score (nSPS) is 11.4. The number of Topliss-reactive ketones (excluding diaryl/α,β-unsaturated/α-hetero) is 1. The number of rotatable bonds is 4. The van der Waals surface area contributed by atoms with Crippen molar-refractivity contribution in [3.63, 3.8) is 0 Å². The monoisotopic (exact) mass is 328 g/mol. The second kappa shape index (κ2) is 6.68. The molecule has 25 heavy (non-hydrogen) atoms. The van der Waals surface area contributed by atoms with Crippen molar-refractivity contribution < 1.29 is 4.79 Å². The number of hydrogen-bond acceptors (Lipinski definition) is 1. The fraction of sp³-hybridized carbons (Fsp3) is 0.208. The average Bonchev–Trinajstić information content (AvgIpc) is 2.59. The van der Waals surface area contributed by atoms with Gasteiger partial charge in [-0.25, -0.2) is 0 Å². The van der Waals surface area contributed by atoms with E-state index < -0.39 is 5.41 Å². The Morgan fingerprint density at radius 2 is 1.12 bits per heavy atom. The van der Waals surface area contributed by atoms with Crippen LogP contribution in [0.5, 0.6) is 0 Å². The first-order chi connectivity index (χ1) is 12.0. The maximum absolute atomic E-state index is 13.2. The Balaban J connectivity index is 2.40. The standard InChI is InChI=1S/C24H24O/c1-17-9-13-21(14-10-17)24(20(4)25,22-15-11-18(2)12-16-22)23-8-6-5-7-19(23)3/h5-16H,1-4H3. The Labute approximate surface area is 150 Å². The third kappa shape index (κ3) is 2.91. The van der Waals surface area contributed by atoms with E-state index in [1.165, 1.54) is 11.1 Å². The van der Waals surface area contributed by atoms with Gasteiger partial charge < -0.3 is 0 Å². The minimum absolute atomic E-state index is 0.134. The van der Waals surface area contributed by atoms with Gasteiger partial charge in [0, 0.05) is 0 Å². The zero-order chi connectivity index (χ0) is 18.0. The highest BCUT2D eigenvalue weighted by molar-refractivity contribution is 5.96. The number of benzene rings is 3. The molecule has 0 radical (unpaired) electrons. The van der Waals surface area contributed by atoms with E-state index in [-0.39, 0.29) is 5.78 Å². The molecule has 126 valence electrons. The Morgan fingerprint density at radius 1 is 0.680 bits per heavy atom. The van der Waals surface area contributed by atoms with Crippen LogP contribution in [0.4, 0.5) is 0 Å². The molecule has 0 N–H and O–H groups in total. The quantitative estimate of drug-likeness (QED) is 0.575. The van der Waals surface area contributed by atoms with Crippen LogP contribution >= 0.6 is 0 Å². The van der Waals surface area contributed by atoms with E-state index in [0.717, 1.165) is 22.3 Å². The Morgan fingerprint density at radius 3 is 1.52 bits per heavy atom. The van der Waals surface area contributed by atoms with Crippen molar-refractivity contribution >= 4 is 5.78 Å². The maximum atomic E-state index is 13.2. The van der Waals surface area contributed by atoms with Gasteiger partial charge in [0.1, 0.15) is 11.2 Å². The Hall–Kier alpha value is -2.67. The molecular weight excluding hydrogens is 304 g/mol. The lowest BCUT2D eigenvalue weighted by molar-refractivity contribution is -0.119. The highest BCUT2D eigenvalue weighted by Gasteiger charge is 2.41. The van der Waals surface area contributed by atoms with Crippen LogP contribution in [0.25, 0.3) is 0 Å². The lowest BCUT2D eigenvalue weighted by Crippen LogP contribution is -2.37. The Kier molecular flexibility index (Phi) is 4.59. The lowest BCUT2D eigenvalue weighted by atomic mass is 9.65. The average molecular weight is 328 g/mol. The number of hydrogen-bond donors (Lipinski definition) is 0. The van der Waals surface area contributed by atoms with E-state index in [9.17, 15) is 4.79 Å². The van der Waals surface area contributed by atoms with Crippen molar-refractivity contribution in [1.29, 1.82) is 0 Å². The summed E-state index contributed by atoms with van der Waals surface area (Å²) < 4.78 is 0. The van der Waals surface area contributed by atoms with Gasteiger partial charge in [-0.1, -0.05) is 83.9 Å². The van der Waals surface area contributed by atoms with E-state index in [0.29, 0.717) is 0 Å². The molecule has 3 aromatic carbocycles. The number of ketones is 1. The van der Waals surface area contributed by atoms with Gasteiger partial charge in [-0.3, -0.25) is 4.79 Å². The third-order valence-corrected chi connectivity index (χ3v) is 5.05. The van der Waals surface area contributed by atoms with E-state index >= 15 is 0 Å². The minimum atomic E-state index is -0.785. The van der Waals surface area contributed by atoms with Crippen molar-refractivity contribution in [2.45, 2.75) is 33.1 Å². The largest absolute Gasteiger partial charge is 0.298 e.